The number of nitrogens with zero attached hydrogens (tertiary/aromatic N) is 4. The van der Waals surface area contributed by atoms with Gasteiger partial charge in [0.2, 0.25) is 0 Å². The van der Waals surface area contributed by atoms with Crippen molar-refractivity contribution in [1.82, 2.24) is 20.2 Å². The highest BCUT2D eigenvalue weighted by molar-refractivity contribution is 9.10. The molecule has 21 heavy (non-hydrogen) atoms. The van der Waals surface area contributed by atoms with Gasteiger partial charge in [0.05, 0.1) is 5.69 Å². The molecule has 3 rings (SSSR count). The van der Waals surface area contributed by atoms with E-state index in [9.17, 15) is 0 Å². The Kier molecular flexibility index (Phi) is 3.96. The lowest BCUT2D eigenvalue weighted by molar-refractivity contribution is 0.292. The zero-order valence-electron chi connectivity index (χ0n) is 11.4. The number of rotatable bonds is 4. The molecule has 0 aliphatic carbocycles. The molecule has 0 atom stereocenters. The summed E-state index contributed by atoms with van der Waals surface area (Å²) in [6.07, 6.45) is 0. The van der Waals surface area contributed by atoms with E-state index in [4.69, 9.17) is 4.74 Å². The highest BCUT2D eigenvalue weighted by Crippen LogP contribution is 2.16. The van der Waals surface area contributed by atoms with Gasteiger partial charge >= 0.3 is 0 Å². The third-order valence-electron chi connectivity index (χ3n) is 2.96. The molecule has 0 fully saturated rings. The highest BCUT2D eigenvalue weighted by Gasteiger charge is 2.09. The van der Waals surface area contributed by atoms with Gasteiger partial charge in [0.1, 0.15) is 12.4 Å². The van der Waals surface area contributed by atoms with Crippen LogP contribution in [0, 0.1) is 6.92 Å². The van der Waals surface area contributed by atoms with Crippen LogP contribution < -0.4 is 4.74 Å². The molecule has 0 radical (unpaired) electrons. The molecule has 0 unspecified atom stereocenters. The molecule has 0 saturated carbocycles. The van der Waals surface area contributed by atoms with Gasteiger partial charge in [-0.25, -0.2) is 0 Å². The summed E-state index contributed by atoms with van der Waals surface area (Å²) < 4.78 is 8.42. The zero-order chi connectivity index (χ0) is 14.7. The summed E-state index contributed by atoms with van der Waals surface area (Å²) in [4.78, 5) is 0. The van der Waals surface area contributed by atoms with E-state index in [1.807, 2.05) is 55.5 Å². The van der Waals surface area contributed by atoms with Crippen LogP contribution in [0.2, 0.25) is 0 Å². The van der Waals surface area contributed by atoms with Gasteiger partial charge < -0.3 is 4.74 Å². The molecule has 0 saturated heterocycles. The third-order valence-corrected chi connectivity index (χ3v) is 3.49. The van der Waals surface area contributed by atoms with Gasteiger partial charge in [-0.05, 0) is 59.3 Å². The molecule has 0 spiro atoms. The van der Waals surface area contributed by atoms with Crippen LogP contribution in [0.5, 0.6) is 5.75 Å². The second-order valence-corrected chi connectivity index (χ2v) is 5.50. The van der Waals surface area contributed by atoms with Crippen LogP contribution >= 0.6 is 15.9 Å². The summed E-state index contributed by atoms with van der Waals surface area (Å²) in [5.74, 6) is 1.46. The van der Waals surface area contributed by atoms with Crippen molar-refractivity contribution in [3.63, 3.8) is 0 Å². The minimum Gasteiger partial charge on any atom is -0.486 e. The fraction of sp³-hybridized carbons (Fsp3) is 0.133. The van der Waals surface area contributed by atoms with E-state index in [0.29, 0.717) is 12.4 Å². The first-order valence-electron chi connectivity index (χ1n) is 6.45. The van der Waals surface area contributed by atoms with Crippen molar-refractivity contribution in [3.05, 3.63) is 64.4 Å². The van der Waals surface area contributed by atoms with E-state index in [2.05, 4.69) is 31.5 Å². The molecule has 0 bridgehead atoms. The molecule has 0 N–H and O–H groups in total. The van der Waals surface area contributed by atoms with E-state index >= 15 is 0 Å². The molecule has 106 valence electrons. The van der Waals surface area contributed by atoms with Crippen molar-refractivity contribution in [3.8, 4) is 11.4 Å². The predicted molar refractivity (Wildman–Crippen MR) is 82.4 cm³/mol. The number of hydrogen-bond acceptors (Lipinski definition) is 4. The molecule has 0 aliphatic heterocycles. The van der Waals surface area contributed by atoms with Gasteiger partial charge in [-0.2, -0.15) is 4.68 Å². The van der Waals surface area contributed by atoms with Crippen molar-refractivity contribution in [2.75, 3.05) is 0 Å². The predicted octanol–water partition coefficient (Wildman–Crippen LogP) is 3.31. The smallest absolute Gasteiger partial charge is 0.194 e. The van der Waals surface area contributed by atoms with Gasteiger partial charge in [0, 0.05) is 4.47 Å². The first kappa shape index (κ1) is 13.8. The zero-order valence-corrected chi connectivity index (χ0v) is 13.0. The Morgan fingerprint density at radius 3 is 2.71 bits per heavy atom. The second-order valence-electron chi connectivity index (χ2n) is 4.59. The van der Waals surface area contributed by atoms with E-state index in [-0.39, 0.29) is 0 Å². The lowest BCUT2D eigenvalue weighted by atomic mass is 10.2. The molecule has 0 amide bonds. The fourth-order valence-electron chi connectivity index (χ4n) is 1.93. The van der Waals surface area contributed by atoms with E-state index in [1.165, 1.54) is 0 Å². The highest BCUT2D eigenvalue weighted by atomic mass is 79.9. The van der Waals surface area contributed by atoms with Gasteiger partial charge in [0.25, 0.3) is 0 Å². The van der Waals surface area contributed by atoms with Crippen molar-refractivity contribution in [1.29, 1.82) is 0 Å². The standard InChI is InChI=1S/C15H13BrN4O/c1-11-3-2-4-14(9-11)21-10-15-17-18-19-20(15)13-7-5-12(16)6-8-13/h2-9H,10H2,1H3. The average Bonchev–Trinajstić information content (AvgIpc) is 2.94. The number of tetrazole rings is 1. The van der Waals surface area contributed by atoms with Crippen LogP contribution in [0.4, 0.5) is 0 Å². The number of aromatic nitrogens is 4. The minimum absolute atomic E-state index is 0.312. The summed E-state index contributed by atoms with van der Waals surface area (Å²) in [6.45, 7) is 2.34. The molecule has 2 aromatic carbocycles. The Morgan fingerprint density at radius 2 is 1.95 bits per heavy atom. The lowest BCUT2D eigenvalue weighted by Crippen LogP contribution is -2.06. The Bertz CT molecular complexity index is 739. The summed E-state index contributed by atoms with van der Waals surface area (Å²) in [7, 11) is 0. The Morgan fingerprint density at radius 1 is 1.14 bits per heavy atom. The molecule has 0 aliphatic rings. The fourth-order valence-corrected chi connectivity index (χ4v) is 2.20. The maximum absolute atomic E-state index is 5.74. The van der Waals surface area contributed by atoms with Gasteiger partial charge in [-0.15, -0.1) is 5.10 Å². The second kappa shape index (κ2) is 6.05. The van der Waals surface area contributed by atoms with E-state index in [0.717, 1.165) is 21.5 Å². The number of aryl methyl sites for hydroxylation is 1. The van der Waals surface area contributed by atoms with Crippen LogP contribution in [0.3, 0.4) is 0 Å². The molecule has 1 heterocycles. The van der Waals surface area contributed by atoms with Crippen molar-refractivity contribution < 1.29 is 4.74 Å². The molecule has 6 heteroatoms. The Hall–Kier alpha value is -2.21. The van der Waals surface area contributed by atoms with Crippen LogP contribution in [0.1, 0.15) is 11.4 Å². The number of ether oxygens (including phenoxy) is 1. The summed E-state index contributed by atoms with van der Waals surface area (Å²) in [5.41, 5.74) is 2.05. The van der Waals surface area contributed by atoms with Crippen LogP contribution in [-0.2, 0) is 6.61 Å². The number of benzene rings is 2. The first-order valence-corrected chi connectivity index (χ1v) is 7.24. The van der Waals surface area contributed by atoms with Crippen molar-refractivity contribution in [2.45, 2.75) is 13.5 Å². The van der Waals surface area contributed by atoms with E-state index in [1.54, 1.807) is 4.68 Å². The summed E-state index contributed by atoms with van der Waals surface area (Å²) in [6, 6.07) is 15.7. The number of halogens is 1. The average molecular weight is 345 g/mol. The summed E-state index contributed by atoms with van der Waals surface area (Å²) >= 11 is 3.41. The Balaban J connectivity index is 1.78. The number of hydrogen-bond donors (Lipinski definition) is 0. The maximum atomic E-state index is 5.74. The van der Waals surface area contributed by atoms with Gasteiger partial charge in [0.15, 0.2) is 5.82 Å². The molecule has 5 nitrogen and oxygen atoms in total. The first-order chi connectivity index (χ1) is 10.2. The Labute approximate surface area is 130 Å². The minimum atomic E-state index is 0.312. The van der Waals surface area contributed by atoms with Crippen molar-refractivity contribution >= 4 is 15.9 Å². The topological polar surface area (TPSA) is 52.8 Å². The summed E-state index contributed by atoms with van der Waals surface area (Å²) in [5, 5.41) is 11.7. The molecular formula is C15H13BrN4O. The largest absolute Gasteiger partial charge is 0.486 e. The molecule has 1 aromatic heterocycles. The van der Waals surface area contributed by atoms with Crippen LogP contribution in [0.25, 0.3) is 5.69 Å². The monoisotopic (exact) mass is 344 g/mol. The lowest BCUT2D eigenvalue weighted by Gasteiger charge is -2.07. The van der Waals surface area contributed by atoms with Crippen LogP contribution in [0.15, 0.2) is 53.0 Å². The quantitative estimate of drug-likeness (QED) is 0.728. The van der Waals surface area contributed by atoms with Gasteiger partial charge in [-0.1, -0.05) is 28.1 Å². The van der Waals surface area contributed by atoms with Crippen LogP contribution in [-0.4, -0.2) is 20.2 Å². The normalized spacial score (nSPS) is 10.6. The van der Waals surface area contributed by atoms with Crippen molar-refractivity contribution in [2.24, 2.45) is 0 Å². The maximum Gasteiger partial charge on any atom is 0.194 e. The SMILES string of the molecule is Cc1cccc(OCc2nnnn2-c2ccc(Br)cc2)c1. The third kappa shape index (κ3) is 3.28. The van der Waals surface area contributed by atoms with Gasteiger partial charge in [-0.3, -0.25) is 0 Å². The molecule has 3 aromatic rings. The molecular weight excluding hydrogens is 332 g/mol. The van der Waals surface area contributed by atoms with E-state index < -0.39 is 0 Å².